The minimum atomic E-state index is -1.53. The lowest BCUT2D eigenvalue weighted by atomic mass is 10.0. The van der Waals surface area contributed by atoms with Crippen LogP contribution in [0.15, 0.2) is 24.8 Å². The molecule has 0 aliphatic carbocycles. The first-order chi connectivity index (χ1) is 6.79. The average Bonchev–Trinajstić information content (AvgIpc) is 1.99. The second-order valence-electron chi connectivity index (χ2n) is 3.02. The average molecular weight is 272 g/mol. The molecular weight excluding hydrogens is 264 g/mol. The van der Waals surface area contributed by atoms with Gasteiger partial charge in [0, 0.05) is 18.1 Å². The number of benzene rings is 1. The zero-order valence-corrected chi connectivity index (χ0v) is 9.80. The lowest BCUT2D eigenvalue weighted by Gasteiger charge is -2.13. The van der Waals surface area contributed by atoms with Crippen LogP contribution < -0.4 is 0 Å². The summed E-state index contributed by atoms with van der Waals surface area (Å²) in [5, 5.41) is 0. The molecule has 0 aromatic heterocycles. The van der Waals surface area contributed by atoms with Gasteiger partial charge in [0.15, 0.2) is 3.79 Å². The number of hydrogen-bond donors (Lipinski definition) is 0. The number of rotatable bonds is 2. The maximum absolute atomic E-state index is 13.2. The van der Waals surface area contributed by atoms with E-state index in [1.807, 2.05) is 0 Å². The molecule has 0 N–H and O–H groups in total. The predicted molar refractivity (Wildman–Crippen MR) is 60.3 cm³/mol. The molecule has 1 rings (SSSR count). The molecule has 0 aliphatic heterocycles. The van der Waals surface area contributed by atoms with Crippen molar-refractivity contribution in [3.05, 3.63) is 42.0 Å². The van der Waals surface area contributed by atoms with Crippen molar-refractivity contribution in [2.24, 2.45) is 0 Å². The Bertz CT molecular complexity index is 383. The molecular formula is C10H7Cl3F2. The first-order valence-corrected chi connectivity index (χ1v) is 5.13. The van der Waals surface area contributed by atoms with Gasteiger partial charge in [-0.25, -0.2) is 8.78 Å². The molecule has 15 heavy (non-hydrogen) atoms. The van der Waals surface area contributed by atoms with Gasteiger partial charge >= 0.3 is 0 Å². The van der Waals surface area contributed by atoms with Gasteiger partial charge in [0.2, 0.25) is 0 Å². The molecule has 0 spiro atoms. The largest absolute Gasteiger partial charge is 0.207 e. The zero-order valence-electron chi connectivity index (χ0n) is 7.54. The molecule has 82 valence electrons. The van der Waals surface area contributed by atoms with Crippen LogP contribution in [0, 0.1) is 11.6 Å². The molecule has 0 saturated carbocycles. The van der Waals surface area contributed by atoms with Crippen LogP contribution in [-0.4, -0.2) is 3.79 Å². The highest BCUT2D eigenvalue weighted by molar-refractivity contribution is 6.67. The Labute approximate surface area is 101 Å². The first kappa shape index (κ1) is 12.8. The van der Waals surface area contributed by atoms with Crippen molar-refractivity contribution in [1.82, 2.24) is 0 Å². The van der Waals surface area contributed by atoms with Crippen molar-refractivity contribution in [3.8, 4) is 0 Å². The molecule has 0 heterocycles. The lowest BCUT2D eigenvalue weighted by molar-refractivity contribution is 0.580. The summed E-state index contributed by atoms with van der Waals surface area (Å²) in [7, 11) is 0. The molecule has 1 aromatic carbocycles. The summed E-state index contributed by atoms with van der Waals surface area (Å²) in [5.41, 5.74) is 0.468. The second kappa shape index (κ2) is 4.69. The highest BCUT2D eigenvalue weighted by Gasteiger charge is 2.22. The molecule has 0 amide bonds. The number of alkyl halides is 3. The van der Waals surface area contributed by atoms with Crippen LogP contribution in [0.25, 0.3) is 5.57 Å². The molecule has 0 nitrogen and oxygen atoms in total. The van der Waals surface area contributed by atoms with E-state index in [1.165, 1.54) is 6.07 Å². The Morgan fingerprint density at radius 3 is 2.33 bits per heavy atom. The third-order valence-electron chi connectivity index (χ3n) is 1.73. The van der Waals surface area contributed by atoms with E-state index in [4.69, 9.17) is 34.8 Å². The Morgan fingerprint density at radius 2 is 1.87 bits per heavy atom. The summed E-state index contributed by atoms with van der Waals surface area (Å²) in [6.07, 6.45) is -0.0137. The van der Waals surface area contributed by atoms with Crippen molar-refractivity contribution >= 4 is 40.4 Å². The van der Waals surface area contributed by atoms with Crippen LogP contribution in [0.5, 0.6) is 0 Å². The van der Waals surface area contributed by atoms with E-state index in [0.29, 0.717) is 5.57 Å². The van der Waals surface area contributed by atoms with E-state index in [0.717, 1.165) is 12.1 Å². The van der Waals surface area contributed by atoms with Gasteiger partial charge in [-0.1, -0.05) is 41.4 Å². The number of halogens is 5. The van der Waals surface area contributed by atoms with Crippen LogP contribution in [-0.2, 0) is 0 Å². The van der Waals surface area contributed by atoms with Gasteiger partial charge in [-0.05, 0) is 17.7 Å². The maximum Gasteiger partial charge on any atom is 0.194 e. The fourth-order valence-corrected chi connectivity index (χ4v) is 1.60. The third-order valence-corrected chi connectivity index (χ3v) is 2.13. The van der Waals surface area contributed by atoms with E-state index in [-0.39, 0.29) is 12.0 Å². The smallest absolute Gasteiger partial charge is 0.194 e. The molecule has 0 fully saturated rings. The Hall–Kier alpha value is -0.310. The molecule has 0 bridgehead atoms. The number of hydrogen-bond acceptors (Lipinski definition) is 0. The van der Waals surface area contributed by atoms with Crippen molar-refractivity contribution in [2.75, 3.05) is 0 Å². The molecule has 1 aromatic rings. The quantitative estimate of drug-likeness (QED) is 0.682. The second-order valence-corrected chi connectivity index (χ2v) is 5.54. The van der Waals surface area contributed by atoms with Crippen molar-refractivity contribution in [1.29, 1.82) is 0 Å². The van der Waals surface area contributed by atoms with Gasteiger partial charge in [0.25, 0.3) is 0 Å². The van der Waals surface area contributed by atoms with Crippen LogP contribution in [0.1, 0.15) is 12.0 Å². The minimum Gasteiger partial charge on any atom is -0.207 e. The van der Waals surface area contributed by atoms with Crippen LogP contribution in [0.3, 0.4) is 0 Å². The summed E-state index contributed by atoms with van der Waals surface area (Å²) in [4.78, 5) is 0. The standard InChI is InChI=1S/C10H7Cl3F2/c1-6(5-10(11,12)13)8-3-2-7(14)4-9(8)15/h2-4H,1,5H2. The fourth-order valence-electron chi connectivity index (χ4n) is 1.11. The van der Waals surface area contributed by atoms with Crippen LogP contribution >= 0.6 is 34.8 Å². The van der Waals surface area contributed by atoms with Crippen molar-refractivity contribution < 1.29 is 8.78 Å². The topological polar surface area (TPSA) is 0 Å². The highest BCUT2D eigenvalue weighted by Crippen LogP contribution is 2.36. The summed E-state index contributed by atoms with van der Waals surface area (Å²) < 4.78 is 24.3. The van der Waals surface area contributed by atoms with Gasteiger partial charge < -0.3 is 0 Å². The summed E-state index contributed by atoms with van der Waals surface area (Å²) in [6, 6.07) is 3.16. The van der Waals surface area contributed by atoms with Gasteiger partial charge in [-0.2, -0.15) is 0 Å². The summed E-state index contributed by atoms with van der Waals surface area (Å²) >= 11 is 16.6. The first-order valence-electron chi connectivity index (χ1n) is 3.99. The SMILES string of the molecule is C=C(CC(Cl)(Cl)Cl)c1ccc(F)cc1F. The Kier molecular flexibility index (Phi) is 3.99. The third kappa shape index (κ3) is 3.98. The summed E-state index contributed by atoms with van der Waals surface area (Å²) in [5.74, 6) is -1.37. The zero-order chi connectivity index (χ0) is 11.6. The number of allylic oxidation sites excluding steroid dienone is 1. The summed E-state index contributed by atoms with van der Waals surface area (Å²) in [6.45, 7) is 3.59. The normalized spacial score (nSPS) is 11.5. The van der Waals surface area contributed by atoms with E-state index in [9.17, 15) is 8.78 Å². The maximum atomic E-state index is 13.2. The van der Waals surface area contributed by atoms with Crippen LogP contribution in [0.2, 0.25) is 0 Å². The molecule has 0 atom stereocenters. The molecule has 0 aliphatic rings. The van der Waals surface area contributed by atoms with Crippen molar-refractivity contribution in [3.63, 3.8) is 0 Å². The van der Waals surface area contributed by atoms with Gasteiger partial charge in [0.05, 0.1) is 0 Å². The Morgan fingerprint density at radius 1 is 1.27 bits per heavy atom. The molecule has 0 saturated heterocycles. The minimum absolute atomic E-state index is 0.0137. The van der Waals surface area contributed by atoms with E-state index >= 15 is 0 Å². The van der Waals surface area contributed by atoms with Gasteiger partial charge in [0.1, 0.15) is 11.6 Å². The highest BCUT2D eigenvalue weighted by atomic mass is 35.6. The predicted octanol–water partition coefficient (Wildman–Crippen LogP) is 4.74. The van der Waals surface area contributed by atoms with Gasteiger partial charge in [-0.3, -0.25) is 0 Å². The van der Waals surface area contributed by atoms with Gasteiger partial charge in [-0.15, -0.1) is 0 Å². The molecule has 5 heteroatoms. The van der Waals surface area contributed by atoms with E-state index in [1.54, 1.807) is 0 Å². The van der Waals surface area contributed by atoms with Crippen LogP contribution in [0.4, 0.5) is 8.78 Å². The lowest BCUT2D eigenvalue weighted by Crippen LogP contribution is -2.03. The molecule has 0 radical (unpaired) electrons. The van der Waals surface area contributed by atoms with E-state index in [2.05, 4.69) is 6.58 Å². The Balaban J connectivity index is 2.92. The van der Waals surface area contributed by atoms with E-state index < -0.39 is 15.4 Å². The fraction of sp³-hybridized carbons (Fsp3) is 0.200. The molecule has 0 unspecified atom stereocenters. The monoisotopic (exact) mass is 270 g/mol. The van der Waals surface area contributed by atoms with Crippen molar-refractivity contribution in [2.45, 2.75) is 10.2 Å².